The third-order valence-corrected chi connectivity index (χ3v) is 4.35. The summed E-state index contributed by atoms with van der Waals surface area (Å²) < 4.78 is 17.8. The van der Waals surface area contributed by atoms with Gasteiger partial charge in [-0.1, -0.05) is 18.2 Å². The first kappa shape index (κ1) is 17.4. The first-order chi connectivity index (χ1) is 12.2. The van der Waals surface area contributed by atoms with E-state index in [-0.39, 0.29) is 5.82 Å². The van der Waals surface area contributed by atoms with Crippen LogP contribution in [0.2, 0.25) is 0 Å². The number of hydrogen-bond donors (Lipinski definition) is 1. The summed E-state index contributed by atoms with van der Waals surface area (Å²) in [6, 6.07) is 14.0. The van der Waals surface area contributed by atoms with Crippen molar-refractivity contribution in [1.82, 2.24) is 15.1 Å². The van der Waals surface area contributed by atoms with Crippen molar-refractivity contribution in [3.63, 3.8) is 0 Å². The summed E-state index contributed by atoms with van der Waals surface area (Å²) in [6.45, 7) is 3.17. The van der Waals surface area contributed by atoms with Crippen LogP contribution in [0.3, 0.4) is 0 Å². The number of H-pyrrole nitrogens is 1. The van der Waals surface area contributed by atoms with Crippen LogP contribution in [0.5, 0.6) is 5.75 Å². The Hall–Kier alpha value is -2.40. The molecule has 4 nitrogen and oxygen atoms in total. The Morgan fingerprint density at radius 2 is 2.08 bits per heavy atom. The standard InChI is InChI=1S/C14H19N3O.C6H5F/c1-17-6-2-3-11(9-17)10-18-13-5-4-12-8-15-16-14(12)7-13;7-6-4-2-1-3-5-6/h4-5,7-8,11H,2-3,6,9-10H2,1H3,(H,15,16);1-5H. The summed E-state index contributed by atoms with van der Waals surface area (Å²) in [5.74, 6) is 1.41. The molecule has 2 heterocycles. The van der Waals surface area contributed by atoms with Gasteiger partial charge in [-0.05, 0) is 50.7 Å². The molecule has 0 amide bonds. The summed E-state index contributed by atoms with van der Waals surface area (Å²) in [5.41, 5.74) is 1.04. The molecule has 1 saturated heterocycles. The molecule has 1 aliphatic heterocycles. The summed E-state index contributed by atoms with van der Waals surface area (Å²) in [5, 5.41) is 8.11. The van der Waals surface area contributed by atoms with E-state index in [0.29, 0.717) is 5.92 Å². The lowest BCUT2D eigenvalue weighted by Gasteiger charge is -2.29. The topological polar surface area (TPSA) is 41.1 Å². The zero-order valence-electron chi connectivity index (χ0n) is 14.5. The maximum atomic E-state index is 11.9. The number of ether oxygens (including phenoxy) is 1. The van der Waals surface area contributed by atoms with Crippen LogP contribution in [0.1, 0.15) is 12.8 Å². The van der Waals surface area contributed by atoms with Crippen LogP contribution in [-0.2, 0) is 0 Å². The first-order valence-electron chi connectivity index (χ1n) is 8.66. The molecule has 1 atom stereocenters. The molecule has 1 aliphatic rings. The van der Waals surface area contributed by atoms with E-state index in [9.17, 15) is 4.39 Å². The number of fused-ring (bicyclic) bond motifs is 1. The third kappa shape index (κ3) is 5.29. The van der Waals surface area contributed by atoms with E-state index in [2.05, 4.69) is 22.1 Å². The van der Waals surface area contributed by atoms with Gasteiger partial charge in [0.2, 0.25) is 0 Å². The van der Waals surface area contributed by atoms with Crippen molar-refractivity contribution in [1.29, 1.82) is 0 Å². The van der Waals surface area contributed by atoms with Crippen LogP contribution < -0.4 is 4.74 Å². The van der Waals surface area contributed by atoms with Gasteiger partial charge in [0.15, 0.2) is 0 Å². The van der Waals surface area contributed by atoms with E-state index < -0.39 is 0 Å². The fourth-order valence-corrected chi connectivity index (χ4v) is 3.04. The molecule has 1 fully saturated rings. The molecule has 1 aromatic heterocycles. The Labute approximate surface area is 147 Å². The van der Waals surface area contributed by atoms with E-state index in [1.54, 1.807) is 18.2 Å². The highest BCUT2D eigenvalue weighted by atomic mass is 19.1. The number of nitrogens with zero attached hydrogens (tertiary/aromatic N) is 2. The van der Waals surface area contributed by atoms with Crippen molar-refractivity contribution in [3.05, 3.63) is 60.5 Å². The van der Waals surface area contributed by atoms with Gasteiger partial charge in [0, 0.05) is 23.9 Å². The minimum atomic E-state index is -0.178. The van der Waals surface area contributed by atoms with Crippen LogP contribution in [0.4, 0.5) is 4.39 Å². The Bertz CT molecular complexity index is 775. The fourth-order valence-electron chi connectivity index (χ4n) is 3.04. The van der Waals surface area contributed by atoms with Crippen LogP contribution in [-0.4, -0.2) is 41.8 Å². The molecule has 132 valence electrons. The summed E-state index contributed by atoms with van der Waals surface area (Å²) in [4.78, 5) is 2.38. The molecule has 0 saturated carbocycles. The number of nitrogens with one attached hydrogen (secondary N) is 1. The van der Waals surface area contributed by atoms with Gasteiger partial charge in [0.1, 0.15) is 11.6 Å². The van der Waals surface area contributed by atoms with Crippen LogP contribution in [0.25, 0.3) is 10.9 Å². The van der Waals surface area contributed by atoms with Gasteiger partial charge >= 0.3 is 0 Å². The quantitative estimate of drug-likeness (QED) is 0.779. The highest BCUT2D eigenvalue weighted by Gasteiger charge is 2.17. The molecule has 25 heavy (non-hydrogen) atoms. The number of hydrogen-bond acceptors (Lipinski definition) is 3. The summed E-state index contributed by atoms with van der Waals surface area (Å²) >= 11 is 0. The third-order valence-electron chi connectivity index (χ3n) is 4.35. The monoisotopic (exact) mass is 341 g/mol. The van der Waals surface area contributed by atoms with Gasteiger partial charge in [-0.2, -0.15) is 5.10 Å². The molecule has 0 radical (unpaired) electrons. The second-order valence-electron chi connectivity index (χ2n) is 6.50. The van der Waals surface area contributed by atoms with Crippen molar-refractivity contribution in [2.24, 2.45) is 5.92 Å². The minimum Gasteiger partial charge on any atom is -0.493 e. The maximum absolute atomic E-state index is 11.9. The second-order valence-corrected chi connectivity index (χ2v) is 6.50. The number of rotatable bonds is 3. The van der Waals surface area contributed by atoms with E-state index >= 15 is 0 Å². The van der Waals surface area contributed by atoms with Gasteiger partial charge in [-0.25, -0.2) is 4.39 Å². The summed E-state index contributed by atoms with van der Waals surface area (Å²) in [6.07, 6.45) is 4.38. The van der Waals surface area contributed by atoms with Crippen molar-refractivity contribution in [3.8, 4) is 5.75 Å². The molecule has 1 N–H and O–H groups in total. The van der Waals surface area contributed by atoms with Gasteiger partial charge < -0.3 is 9.64 Å². The Balaban J connectivity index is 0.000000219. The zero-order valence-corrected chi connectivity index (χ0v) is 14.5. The molecule has 0 spiro atoms. The molecule has 4 rings (SSSR count). The lowest BCUT2D eigenvalue weighted by Crippen LogP contribution is -2.34. The number of aromatic amines is 1. The minimum absolute atomic E-state index is 0.178. The second kappa shape index (κ2) is 8.62. The molecule has 1 unspecified atom stereocenters. The van der Waals surface area contributed by atoms with E-state index in [1.165, 1.54) is 31.5 Å². The van der Waals surface area contributed by atoms with Crippen molar-refractivity contribution in [2.75, 3.05) is 26.7 Å². The highest BCUT2D eigenvalue weighted by molar-refractivity contribution is 5.79. The zero-order chi connectivity index (χ0) is 17.5. The number of likely N-dealkylation sites (tertiary alicyclic amines) is 1. The normalized spacial score (nSPS) is 17.8. The molecule has 2 aromatic carbocycles. The number of halogens is 1. The lowest BCUT2D eigenvalue weighted by atomic mass is 10.00. The van der Waals surface area contributed by atoms with Crippen LogP contribution in [0.15, 0.2) is 54.7 Å². The largest absolute Gasteiger partial charge is 0.493 e. The molecule has 3 aromatic rings. The smallest absolute Gasteiger partial charge is 0.123 e. The van der Waals surface area contributed by atoms with E-state index in [1.807, 2.05) is 24.4 Å². The van der Waals surface area contributed by atoms with Crippen molar-refractivity contribution < 1.29 is 9.13 Å². The molecular weight excluding hydrogens is 317 g/mol. The molecule has 0 bridgehead atoms. The number of aromatic nitrogens is 2. The lowest BCUT2D eigenvalue weighted by molar-refractivity contribution is 0.150. The van der Waals surface area contributed by atoms with Gasteiger partial charge in [0.05, 0.1) is 18.3 Å². The van der Waals surface area contributed by atoms with Gasteiger partial charge in [-0.15, -0.1) is 0 Å². The SMILES string of the molecule is CN1CCCC(COc2ccc3cn[nH]c3c2)C1.Fc1ccccc1. The predicted octanol–water partition coefficient (Wildman–Crippen LogP) is 4.11. The molecular formula is C20H24FN3O. The van der Waals surface area contributed by atoms with E-state index in [4.69, 9.17) is 4.74 Å². The van der Waals surface area contributed by atoms with Crippen LogP contribution in [0, 0.1) is 11.7 Å². The molecule has 0 aliphatic carbocycles. The average molecular weight is 341 g/mol. The Morgan fingerprint density at radius 3 is 2.80 bits per heavy atom. The van der Waals surface area contributed by atoms with Gasteiger partial charge in [0.25, 0.3) is 0 Å². The van der Waals surface area contributed by atoms with Crippen molar-refractivity contribution in [2.45, 2.75) is 12.8 Å². The number of benzene rings is 2. The molecule has 5 heteroatoms. The Kier molecular flexibility index (Phi) is 6.01. The highest BCUT2D eigenvalue weighted by Crippen LogP contribution is 2.21. The van der Waals surface area contributed by atoms with Crippen molar-refractivity contribution >= 4 is 10.9 Å². The van der Waals surface area contributed by atoms with E-state index in [0.717, 1.165) is 29.8 Å². The maximum Gasteiger partial charge on any atom is 0.123 e. The summed E-state index contributed by atoms with van der Waals surface area (Å²) in [7, 11) is 2.18. The number of piperidine rings is 1. The fraction of sp³-hybridized carbons (Fsp3) is 0.350. The average Bonchev–Trinajstić information content (AvgIpc) is 3.09. The Morgan fingerprint density at radius 1 is 1.24 bits per heavy atom. The predicted molar refractivity (Wildman–Crippen MR) is 98.2 cm³/mol. The first-order valence-corrected chi connectivity index (χ1v) is 8.66. The van der Waals surface area contributed by atoms with Gasteiger partial charge in [-0.3, -0.25) is 5.10 Å². The van der Waals surface area contributed by atoms with Crippen LogP contribution >= 0.6 is 0 Å².